The Balaban J connectivity index is 2.07. The Hall–Kier alpha value is -1.36. The van der Waals surface area contributed by atoms with E-state index in [0.717, 1.165) is 56.6 Å². The molecule has 2 N–H and O–H groups in total. The van der Waals surface area contributed by atoms with Gasteiger partial charge in [0.05, 0.1) is 0 Å². The first-order valence-electron chi connectivity index (χ1n) is 7.97. The highest BCUT2D eigenvalue weighted by Gasteiger charge is 2.27. The summed E-state index contributed by atoms with van der Waals surface area (Å²) in [7, 11) is 0. The molecule has 1 saturated heterocycles. The van der Waals surface area contributed by atoms with Crippen molar-refractivity contribution in [2.24, 2.45) is 5.41 Å². The molecule has 0 bridgehead atoms. The Morgan fingerprint density at radius 3 is 2.38 bits per heavy atom. The number of nitrogens with one attached hydrogen (secondary N) is 2. The van der Waals surface area contributed by atoms with Crippen molar-refractivity contribution in [3.8, 4) is 0 Å². The van der Waals surface area contributed by atoms with Gasteiger partial charge >= 0.3 is 0 Å². The summed E-state index contributed by atoms with van der Waals surface area (Å²) >= 11 is 0. The van der Waals surface area contributed by atoms with Gasteiger partial charge in [0.1, 0.15) is 17.5 Å². The number of hydrogen-bond acceptors (Lipinski definition) is 5. The first kappa shape index (κ1) is 16.0. The van der Waals surface area contributed by atoms with Crippen LogP contribution in [0.5, 0.6) is 0 Å². The van der Waals surface area contributed by atoms with Crippen LogP contribution in [0.1, 0.15) is 52.3 Å². The Kier molecular flexibility index (Phi) is 5.39. The van der Waals surface area contributed by atoms with Crippen LogP contribution >= 0.6 is 0 Å². The van der Waals surface area contributed by atoms with Gasteiger partial charge in [-0.25, -0.2) is 9.97 Å². The van der Waals surface area contributed by atoms with Crippen molar-refractivity contribution in [1.29, 1.82) is 0 Å². The van der Waals surface area contributed by atoms with Gasteiger partial charge < -0.3 is 15.4 Å². The zero-order valence-corrected chi connectivity index (χ0v) is 13.7. The second kappa shape index (κ2) is 7.07. The van der Waals surface area contributed by atoms with Crippen molar-refractivity contribution in [3.63, 3.8) is 0 Å². The zero-order valence-electron chi connectivity index (χ0n) is 13.7. The van der Waals surface area contributed by atoms with Crippen LogP contribution in [0, 0.1) is 5.41 Å². The second-order valence-electron chi connectivity index (χ2n) is 6.46. The van der Waals surface area contributed by atoms with Gasteiger partial charge in [0, 0.05) is 38.3 Å². The van der Waals surface area contributed by atoms with E-state index in [0.29, 0.717) is 11.3 Å². The maximum Gasteiger partial charge on any atom is 0.135 e. The number of nitrogens with zero attached hydrogens (tertiary/aromatic N) is 2. The lowest BCUT2D eigenvalue weighted by Gasteiger charge is -2.33. The largest absolute Gasteiger partial charge is 0.381 e. The first-order chi connectivity index (χ1) is 10.0. The van der Waals surface area contributed by atoms with Crippen LogP contribution in [0.15, 0.2) is 6.07 Å². The van der Waals surface area contributed by atoms with Gasteiger partial charge in [0.2, 0.25) is 0 Å². The number of hydrogen-bond donors (Lipinski definition) is 2. The molecule has 0 aliphatic carbocycles. The Labute approximate surface area is 127 Å². The maximum atomic E-state index is 5.46. The number of ether oxygens (including phenoxy) is 1. The fourth-order valence-electron chi connectivity index (χ4n) is 2.43. The maximum absolute atomic E-state index is 5.46. The van der Waals surface area contributed by atoms with E-state index in [-0.39, 0.29) is 0 Å². The summed E-state index contributed by atoms with van der Waals surface area (Å²) in [4.78, 5) is 9.19. The molecule has 0 aromatic carbocycles. The van der Waals surface area contributed by atoms with Crippen molar-refractivity contribution in [2.75, 3.05) is 36.9 Å². The Bertz CT molecular complexity index is 456. The summed E-state index contributed by atoms with van der Waals surface area (Å²) in [5, 5.41) is 6.78. The minimum absolute atomic E-state index is 0.291. The van der Waals surface area contributed by atoms with Crippen LogP contribution in [0.4, 0.5) is 11.6 Å². The molecule has 2 heterocycles. The molecule has 0 spiro atoms. The Morgan fingerprint density at radius 2 is 1.81 bits per heavy atom. The van der Waals surface area contributed by atoms with Crippen LogP contribution < -0.4 is 10.6 Å². The van der Waals surface area contributed by atoms with Gasteiger partial charge in [-0.05, 0) is 25.2 Å². The molecular weight excluding hydrogens is 264 g/mol. The summed E-state index contributed by atoms with van der Waals surface area (Å²) in [6, 6.07) is 2.00. The molecular formula is C16H28N4O. The molecule has 5 nitrogen and oxygen atoms in total. The standard InChI is InChI=1S/C16H28N4O/c1-5-17-13-10-14(20-15(19-13)12(2)3)18-11-16(4)6-8-21-9-7-16/h10,12H,5-9,11H2,1-4H3,(H2,17,18,19,20). The summed E-state index contributed by atoms with van der Waals surface area (Å²) in [6.45, 7) is 12.2. The monoisotopic (exact) mass is 292 g/mol. The third-order valence-electron chi connectivity index (χ3n) is 4.01. The van der Waals surface area contributed by atoms with Crippen LogP contribution in [0.3, 0.4) is 0 Å². The average Bonchev–Trinajstić information content (AvgIpc) is 2.46. The van der Waals surface area contributed by atoms with E-state index in [4.69, 9.17) is 4.74 Å². The lowest BCUT2D eigenvalue weighted by atomic mass is 9.82. The minimum Gasteiger partial charge on any atom is -0.381 e. The summed E-state index contributed by atoms with van der Waals surface area (Å²) < 4.78 is 5.46. The molecule has 1 aromatic rings. The highest BCUT2D eigenvalue weighted by molar-refractivity contribution is 5.48. The van der Waals surface area contributed by atoms with Crippen molar-refractivity contribution < 1.29 is 4.74 Å². The molecule has 1 aliphatic rings. The molecule has 0 atom stereocenters. The summed E-state index contributed by atoms with van der Waals surface area (Å²) in [5.74, 6) is 3.02. The first-order valence-corrected chi connectivity index (χ1v) is 7.97. The van der Waals surface area contributed by atoms with E-state index < -0.39 is 0 Å². The number of anilines is 2. The molecule has 0 radical (unpaired) electrons. The fourth-order valence-corrected chi connectivity index (χ4v) is 2.43. The van der Waals surface area contributed by atoms with Gasteiger partial charge in [-0.1, -0.05) is 20.8 Å². The van der Waals surface area contributed by atoms with Gasteiger partial charge in [-0.2, -0.15) is 0 Å². The molecule has 1 aliphatic heterocycles. The molecule has 0 unspecified atom stereocenters. The predicted molar refractivity (Wildman–Crippen MR) is 86.9 cm³/mol. The van der Waals surface area contributed by atoms with E-state index in [1.54, 1.807) is 0 Å². The average molecular weight is 292 g/mol. The minimum atomic E-state index is 0.291. The Morgan fingerprint density at radius 1 is 1.19 bits per heavy atom. The van der Waals surface area contributed by atoms with Crippen molar-refractivity contribution in [1.82, 2.24) is 9.97 Å². The molecule has 1 aromatic heterocycles. The highest BCUT2D eigenvalue weighted by atomic mass is 16.5. The van der Waals surface area contributed by atoms with Crippen LogP contribution in [-0.2, 0) is 4.74 Å². The van der Waals surface area contributed by atoms with Gasteiger partial charge in [0.15, 0.2) is 0 Å². The predicted octanol–water partition coefficient (Wildman–Crippen LogP) is 3.26. The molecule has 21 heavy (non-hydrogen) atoms. The highest BCUT2D eigenvalue weighted by Crippen LogP contribution is 2.30. The smallest absolute Gasteiger partial charge is 0.135 e. The van der Waals surface area contributed by atoms with E-state index in [1.807, 2.05) is 6.07 Å². The van der Waals surface area contributed by atoms with Gasteiger partial charge in [-0.15, -0.1) is 0 Å². The van der Waals surface area contributed by atoms with Crippen LogP contribution in [-0.4, -0.2) is 36.3 Å². The molecule has 5 heteroatoms. The SMILES string of the molecule is CCNc1cc(NCC2(C)CCOCC2)nc(C(C)C)n1. The summed E-state index contributed by atoms with van der Waals surface area (Å²) in [6.07, 6.45) is 2.20. The summed E-state index contributed by atoms with van der Waals surface area (Å²) in [5.41, 5.74) is 0.291. The van der Waals surface area contributed by atoms with Crippen molar-refractivity contribution >= 4 is 11.6 Å². The molecule has 118 valence electrons. The van der Waals surface area contributed by atoms with Gasteiger partial charge in [0.25, 0.3) is 0 Å². The third kappa shape index (κ3) is 4.56. The van der Waals surface area contributed by atoms with Crippen LogP contribution in [0.2, 0.25) is 0 Å². The lowest BCUT2D eigenvalue weighted by Crippen LogP contribution is -2.33. The van der Waals surface area contributed by atoms with E-state index in [1.165, 1.54) is 0 Å². The normalized spacial score (nSPS) is 17.8. The molecule has 1 fully saturated rings. The number of aromatic nitrogens is 2. The zero-order chi connectivity index (χ0) is 15.3. The van der Waals surface area contributed by atoms with Crippen LogP contribution in [0.25, 0.3) is 0 Å². The van der Waals surface area contributed by atoms with Gasteiger partial charge in [-0.3, -0.25) is 0 Å². The molecule has 0 amide bonds. The molecule has 0 saturated carbocycles. The quantitative estimate of drug-likeness (QED) is 0.843. The lowest BCUT2D eigenvalue weighted by molar-refractivity contribution is 0.0299. The third-order valence-corrected chi connectivity index (χ3v) is 4.01. The van der Waals surface area contributed by atoms with Crippen molar-refractivity contribution in [3.05, 3.63) is 11.9 Å². The fraction of sp³-hybridized carbons (Fsp3) is 0.750. The number of rotatable bonds is 6. The molecule has 2 rings (SSSR count). The topological polar surface area (TPSA) is 59.1 Å². The van der Waals surface area contributed by atoms with Crippen molar-refractivity contribution in [2.45, 2.75) is 46.5 Å². The second-order valence-corrected chi connectivity index (χ2v) is 6.46. The van der Waals surface area contributed by atoms with E-state index in [2.05, 4.69) is 48.3 Å². The van der Waals surface area contributed by atoms with E-state index >= 15 is 0 Å². The van der Waals surface area contributed by atoms with E-state index in [9.17, 15) is 0 Å².